The molecule has 0 radical (unpaired) electrons. The lowest BCUT2D eigenvalue weighted by Gasteiger charge is -2.42. The summed E-state index contributed by atoms with van der Waals surface area (Å²) in [6.07, 6.45) is 0.559. The summed E-state index contributed by atoms with van der Waals surface area (Å²) < 4.78 is 19.2. The van der Waals surface area contributed by atoms with Crippen molar-refractivity contribution in [3.8, 4) is 5.75 Å². The van der Waals surface area contributed by atoms with Crippen molar-refractivity contribution in [3.63, 3.8) is 0 Å². The van der Waals surface area contributed by atoms with E-state index in [4.69, 9.17) is 4.74 Å². The highest BCUT2D eigenvalue weighted by molar-refractivity contribution is 5.75. The molecule has 23 heavy (non-hydrogen) atoms. The Balaban J connectivity index is 2.10. The highest BCUT2D eigenvalue weighted by Gasteiger charge is 2.47. The predicted molar refractivity (Wildman–Crippen MR) is 83.8 cm³/mol. The van der Waals surface area contributed by atoms with Crippen molar-refractivity contribution < 1.29 is 24.1 Å². The molecule has 1 fully saturated rings. The summed E-state index contributed by atoms with van der Waals surface area (Å²) in [5.74, 6) is -1.17. The minimum Gasteiger partial charge on any atom is -0.494 e. The third-order valence-corrected chi connectivity index (χ3v) is 4.72. The Morgan fingerprint density at radius 1 is 1.52 bits per heavy atom. The SMILES string of the molecule is CCC[C@]1(C(=O)O)CCN(Cc2cccc(OC)c2F)C[C@@H]1O. The van der Waals surface area contributed by atoms with Crippen LogP contribution in [0.5, 0.6) is 5.75 Å². The van der Waals surface area contributed by atoms with Gasteiger partial charge in [-0.05, 0) is 25.5 Å². The highest BCUT2D eigenvalue weighted by Crippen LogP contribution is 2.37. The summed E-state index contributed by atoms with van der Waals surface area (Å²) in [4.78, 5) is 13.5. The third-order valence-electron chi connectivity index (χ3n) is 4.72. The van der Waals surface area contributed by atoms with Gasteiger partial charge in [-0.25, -0.2) is 4.39 Å². The van der Waals surface area contributed by atoms with Crippen molar-refractivity contribution in [1.82, 2.24) is 4.90 Å². The molecule has 1 aliphatic rings. The molecule has 0 saturated carbocycles. The quantitative estimate of drug-likeness (QED) is 0.840. The van der Waals surface area contributed by atoms with E-state index in [1.54, 1.807) is 18.2 Å². The summed E-state index contributed by atoms with van der Waals surface area (Å²) in [5.41, 5.74) is -0.604. The van der Waals surface area contributed by atoms with Crippen LogP contribution >= 0.6 is 0 Å². The second-order valence-corrected chi connectivity index (χ2v) is 6.15. The zero-order chi connectivity index (χ0) is 17.0. The van der Waals surface area contributed by atoms with Crippen molar-refractivity contribution in [2.75, 3.05) is 20.2 Å². The number of halogens is 1. The van der Waals surface area contributed by atoms with E-state index in [2.05, 4.69) is 0 Å². The molecule has 1 aliphatic heterocycles. The number of aliphatic hydroxyl groups excluding tert-OH is 1. The number of piperidine rings is 1. The fraction of sp³-hybridized carbons (Fsp3) is 0.588. The van der Waals surface area contributed by atoms with Crippen LogP contribution in [0, 0.1) is 11.2 Å². The van der Waals surface area contributed by atoms with Crippen LogP contribution in [-0.2, 0) is 11.3 Å². The van der Waals surface area contributed by atoms with Crippen LogP contribution in [0.1, 0.15) is 31.7 Å². The molecule has 2 rings (SSSR count). The number of aliphatic hydroxyl groups is 1. The number of rotatable bonds is 6. The number of carboxylic acids is 1. The molecule has 6 heteroatoms. The average Bonchev–Trinajstić information content (AvgIpc) is 2.52. The minimum atomic E-state index is -1.09. The smallest absolute Gasteiger partial charge is 0.312 e. The van der Waals surface area contributed by atoms with Crippen LogP contribution in [-0.4, -0.2) is 47.4 Å². The van der Waals surface area contributed by atoms with Crippen LogP contribution in [0.3, 0.4) is 0 Å². The Kier molecular flexibility index (Phi) is 5.59. The van der Waals surface area contributed by atoms with E-state index in [0.717, 1.165) is 0 Å². The summed E-state index contributed by atoms with van der Waals surface area (Å²) in [6, 6.07) is 4.95. The first kappa shape index (κ1) is 17.7. The molecular formula is C17H24FNO4. The third kappa shape index (κ3) is 3.48. The lowest BCUT2D eigenvalue weighted by Crippen LogP contribution is -2.54. The van der Waals surface area contributed by atoms with Crippen molar-refractivity contribution in [1.29, 1.82) is 0 Å². The topological polar surface area (TPSA) is 70.0 Å². The Morgan fingerprint density at radius 2 is 2.26 bits per heavy atom. The molecule has 128 valence electrons. The second kappa shape index (κ2) is 7.27. The molecule has 1 aromatic rings. The predicted octanol–water partition coefficient (Wildman–Crippen LogP) is 2.27. The fourth-order valence-corrected chi connectivity index (χ4v) is 3.35. The van der Waals surface area contributed by atoms with Gasteiger partial charge >= 0.3 is 5.97 Å². The molecule has 1 aromatic carbocycles. The molecule has 0 amide bonds. The number of β-amino-alcohol motifs (C(OH)–C–C–N with tert-alkyl or cyclic N) is 1. The van der Waals surface area contributed by atoms with Gasteiger partial charge in [-0.3, -0.25) is 9.69 Å². The van der Waals surface area contributed by atoms with E-state index in [9.17, 15) is 19.4 Å². The lowest BCUT2D eigenvalue weighted by atomic mass is 9.73. The molecule has 0 spiro atoms. The molecule has 0 aromatic heterocycles. The van der Waals surface area contributed by atoms with Crippen molar-refractivity contribution >= 4 is 5.97 Å². The van der Waals surface area contributed by atoms with E-state index in [1.165, 1.54) is 7.11 Å². The molecule has 1 saturated heterocycles. The number of carboxylic acid groups (broad SMARTS) is 1. The summed E-state index contributed by atoms with van der Waals surface area (Å²) in [6.45, 7) is 2.97. The maximum atomic E-state index is 14.2. The largest absolute Gasteiger partial charge is 0.494 e. The number of likely N-dealkylation sites (tertiary alicyclic amines) is 1. The molecule has 5 nitrogen and oxygen atoms in total. The second-order valence-electron chi connectivity index (χ2n) is 6.15. The number of hydrogen-bond acceptors (Lipinski definition) is 4. The number of hydrogen-bond donors (Lipinski definition) is 2. The molecule has 0 bridgehead atoms. The summed E-state index contributed by atoms with van der Waals surface area (Å²) in [5, 5.41) is 19.9. The Labute approximate surface area is 135 Å². The van der Waals surface area contributed by atoms with Crippen LogP contribution in [0.15, 0.2) is 18.2 Å². The van der Waals surface area contributed by atoms with Gasteiger partial charge in [-0.15, -0.1) is 0 Å². The van der Waals surface area contributed by atoms with Gasteiger partial charge in [0.25, 0.3) is 0 Å². The Morgan fingerprint density at radius 3 is 2.83 bits per heavy atom. The fourth-order valence-electron chi connectivity index (χ4n) is 3.35. The van der Waals surface area contributed by atoms with Crippen LogP contribution in [0.2, 0.25) is 0 Å². The number of benzene rings is 1. The zero-order valence-corrected chi connectivity index (χ0v) is 13.6. The molecule has 2 N–H and O–H groups in total. The molecule has 0 unspecified atom stereocenters. The van der Waals surface area contributed by atoms with E-state index >= 15 is 0 Å². The van der Waals surface area contributed by atoms with E-state index < -0.39 is 23.3 Å². The van der Waals surface area contributed by atoms with Crippen LogP contribution in [0.4, 0.5) is 4.39 Å². The normalized spacial score (nSPS) is 25.3. The van der Waals surface area contributed by atoms with E-state index in [-0.39, 0.29) is 12.3 Å². The maximum absolute atomic E-state index is 14.2. The number of carbonyl (C=O) groups is 1. The van der Waals surface area contributed by atoms with Gasteiger partial charge in [0.15, 0.2) is 11.6 Å². The first-order valence-corrected chi connectivity index (χ1v) is 7.89. The van der Waals surface area contributed by atoms with Crippen LogP contribution < -0.4 is 4.74 Å². The molecule has 2 atom stereocenters. The summed E-state index contributed by atoms with van der Waals surface area (Å²) in [7, 11) is 1.42. The standard InChI is InChI=1S/C17H24FNO4/c1-3-7-17(16(21)22)8-9-19(11-14(17)20)10-12-5-4-6-13(23-2)15(12)18/h4-6,14,20H,3,7-11H2,1-2H3,(H,21,22)/t14-,17-/m0/s1. The minimum absolute atomic E-state index is 0.186. The van der Waals surface area contributed by atoms with Crippen molar-refractivity contribution in [2.45, 2.75) is 38.8 Å². The Hall–Kier alpha value is -1.66. The first-order chi connectivity index (χ1) is 10.9. The zero-order valence-electron chi connectivity index (χ0n) is 13.6. The lowest BCUT2D eigenvalue weighted by molar-refractivity contribution is -0.164. The number of aliphatic carboxylic acids is 1. The van der Waals surface area contributed by atoms with Gasteiger partial charge in [0, 0.05) is 18.7 Å². The molecular weight excluding hydrogens is 301 g/mol. The molecule has 0 aliphatic carbocycles. The van der Waals surface area contributed by atoms with Crippen molar-refractivity contribution in [2.24, 2.45) is 5.41 Å². The Bertz CT molecular complexity index is 566. The molecule has 1 heterocycles. The van der Waals surface area contributed by atoms with E-state index in [0.29, 0.717) is 37.9 Å². The monoisotopic (exact) mass is 325 g/mol. The van der Waals surface area contributed by atoms with Gasteiger partial charge in [0.2, 0.25) is 0 Å². The number of methoxy groups -OCH3 is 1. The maximum Gasteiger partial charge on any atom is 0.312 e. The van der Waals surface area contributed by atoms with Crippen LogP contribution in [0.25, 0.3) is 0 Å². The van der Waals surface area contributed by atoms with Gasteiger partial charge in [-0.1, -0.05) is 25.5 Å². The number of ether oxygens (including phenoxy) is 1. The number of nitrogens with zero attached hydrogens (tertiary/aromatic N) is 1. The van der Waals surface area contributed by atoms with E-state index in [1.807, 2.05) is 11.8 Å². The summed E-state index contributed by atoms with van der Waals surface area (Å²) >= 11 is 0. The van der Waals surface area contributed by atoms with Gasteiger partial charge < -0.3 is 14.9 Å². The average molecular weight is 325 g/mol. The first-order valence-electron chi connectivity index (χ1n) is 7.89. The highest BCUT2D eigenvalue weighted by atomic mass is 19.1. The van der Waals surface area contributed by atoms with Gasteiger partial charge in [0.1, 0.15) is 0 Å². The van der Waals surface area contributed by atoms with Gasteiger partial charge in [-0.2, -0.15) is 0 Å². The van der Waals surface area contributed by atoms with Crippen molar-refractivity contribution in [3.05, 3.63) is 29.6 Å². The van der Waals surface area contributed by atoms with Gasteiger partial charge in [0.05, 0.1) is 18.6 Å².